The highest BCUT2D eigenvalue weighted by Gasteiger charge is 2.49. The Hall–Kier alpha value is -0.910. The van der Waals surface area contributed by atoms with E-state index in [0.29, 0.717) is 13.1 Å². The molecule has 2 fully saturated rings. The quantitative estimate of drug-likeness (QED) is 0.838. The fraction of sp³-hybridized carbons (Fsp3) is 0.684. The van der Waals surface area contributed by atoms with E-state index in [9.17, 15) is 8.42 Å². The number of nitrogens with zero attached hydrogens (tertiary/aromatic N) is 1. The number of ether oxygens (including phenoxy) is 1. The van der Waals surface area contributed by atoms with Crippen molar-refractivity contribution in [2.75, 3.05) is 19.7 Å². The number of fused-ring (bicyclic) bond motifs is 2. The molecule has 2 aliphatic carbocycles. The van der Waals surface area contributed by atoms with Gasteiger partial charge in [-0.15, -0.1) is 0 Å². The van der Waals surface area contributed by atoms with Crippen LogP contribution in [0.15, 0.2) is 18.2 Å². The molecule has 1 spiro atoms. The van der Waals surface area contributed by atoms with E-state index >= 15 is 0 Å². The van der Waals surface area contributed by atoms with E-state index in [0.717, 1.165) is 38.7 Å². The molecule has 0 radical (unpaired) electrons. The van der Waals surface area contributed by atoms with Crippen LogP contribution >= 0.6 is 0 Å². The molecule has 1 aliphatic heterocycles. The summed E-state index contributed by atoms with van der Waals surface area (Å²) >= 11 is 0. The molecular weight excluding hydrogens is 322 g/mol. The van der Waals surface area contributed by atoms with Gasteiger partial charge in [0.05, 0.1) is 11.4 Å². The minimum Gasteiger partial charge on any atom is -0.374 e. The van der Waals surface area contributed by atoms with Crippen LogP contribution in [0.2, 0.25) is 0 Å². The van der Waals surface area contributed by atoms with Crippen LogP contribution in [0.1, 0.15) is 61.8 Å². The summed E-state index contributed by atoms with van der Waals surface area (Å²) in [4.78, 5) is 0. The second-order valence-electron chi connectivity index (χ2n) is 7.66. The van der Waals surface area contributed by atoms with Crippen LogP contribution < -0.4 is 0 Å². The van der Waals surface area contributed by atoms with Crippen molar-refractivity contribution in [2.24, 2.45) is 0 Å². The average Bonchev–Trinajstić information content (AvgIpc) is 3.37. The highest BCUT2D eigenvalue weighted by atomic mass is 32.2. The van der Waals surface area contributed by atoms with Crippen LogP contribution in [0.4, 0.5) is 0 Å². The minimum absolute atomic E-state index is 0.0957. The molecule has 0 bridgehead atoms. The lowest BCUT2D eigenvalue weighted by atomic mass is 9.74. The number of sulfonamides is 1. The molecule has 5 heteroatoms. The molecule has 3 aliphatic rings. The lowest BCUT2D eigenvalue weighted by Crippen LogP contribution is -2.45. The summed E-state index contributed by atoms with van der Waals surface area (Å²) in [6.07, 6.45) is 4.68. The molecule has 0 amide bonds. The predicted molar refractivity (Wildman–Crippen MR) is 94.6 cm³/mol. The predicted octanol–water partition coefficient (Wildman–Crippen LogP) is 3.30. The second-order valence-corrected chi connectivity index (χ2v) is 9.88. The van der Waals surface area contributed by atoms with Gasteiger partial charge in [0.2, 0.25) is 10.0 Å². The number of benzene rings is 1. The molecule has 0 aromatic heterocycles. The van der Waals surface area contributed by atoms with Gasteiger partial charge in [0.1, 0.15) is 0 Å². The first-order chi connectivity index (χ1) is 11.5. The summed E-state index contributed by atoms with van der Waals surface area (Å²) in [6.45, 7) is 6.21. The molecule has 1 heterocycles. The van der Waals surface area contributed by atoms with Gasteiger partial charge in [-0.1, -0.05) is 23.8 Å². The van der Waals surface area contributed by atoms with E-state index in [4.69, 9.17) is 4.74 Å². The maximum Gasteiger partial charge on any atom is 0.216 e. The highest BCUT2D eigenvalue weighted by molar-refractivity contribution is 7.90. The number of rotatable bonds is 4. The molecule has 1 unspecified atom stereocenters. The topological polar surface area (TPSA) is 46.6 Å². The summed E-state index contributed by atoms with van der Waals surface area (Å²) in [5.74, 6) is 0. The van der Waals surface area contributed by atoms with Crippen LogP contribution in [0.25, 0.3) is 0 Å². The van der Waals surface area contributed by atoms with Gasteiger partial charge < -0.3 is 4.74 Å². The number of hydrogen-bond acceptors (Lipinski definition) is 3. The third-order valence-corrected chi connectivity index (χ3v) is 8.45. The third-order valence-electron chi connectivity index (χ3n) is 6.05. The zero-order chi connectivity index (χ0) is 16.9. The van der Waals surface area contributed by atoms with Crippen molar-refractivity contribution in [3.8, 4) is 0 Å². The van der Waals surface area contributed by atoms with Crippen molar-refractivity contribution >= 4 is 10.0 Å². The standard InChI is InChI=1S/C19H27NO3S/c1-3-23-18-13-19(17-7-4-14(2)12-16(17)18)8-10-20(11-9-19)24(21,22)15-5-6-15/h4,7,12,15,18H,3,5-6,8-11,13H2,1-2H3. The molecule has 132 valence electrons. The fourth-order valence-electron chi connectivity index (χ4n) is 4.58. The average molecular weight is 349 g/mol. The van der Waals surface area contributed by atoms with Gasteiger partial charge >= 0.3 is 0 Å². The lowest BCUT2D eigenvalue weighted by Gasteiger charge is -2.39. The molecule has 1 aromatic carbocycles. The van der Waals surface area contributed by atoms with Crippen molar-refractivity contribution in [3.63, 3.8) is 0 Å². The van der Waals surface area contributed by atoms with Gasteiger partial charge in [0.15, 0.2) is 0 Å². The Morgan fingerprint density at radius 1 is 1.25 bits per heavy atom. The van der Waals surface area contributed by atoms with Crippen molar-refractivity contribution in [3.05, 3.63) is 34.9 Å². The third kappa shape index (κ3) is 2.61. The Labute approximate surface area is 145 Å². The normalized spacial score (nSPS) is 26.7. The zero-order valence-electron chi connectivity index (χ0n) is 14.6. The van der Waals surface area contributed by atoms with Crippen molar-refractivity contribution in [1.82, 2.24) is 4.31 Å². The van der Waals surface area contributed by atoms with Gasteiger partial charge in [-0.2, -0.15) is 0 Å². The molecular formula is C19H27NO3S. The summed E-state index contributed by atoms with van der Waals surface area (Å²) < 4.78 is 32.8. The van der Waals surface area contributed by atoms with Crippen molar-refractivity contribution in [2.45, 2.75) is 62.7 Å². The number of hydrogen-bond donors (Lipinski definition) is 0. The summed E-state index contributed by atoms with van der Waals surface area (Å²) in [6, 6.07) is 6.70. The van der Waals surface area contributed by atoms with Crippen molar-refractivity contribution < 1.29 is 13.2 Å². The smallest absolute Gasteiger partial charge is 0.216 e. The molecule has 24 heavy (non-hydrogen) atoms. The van der Waals surface area contributed by atoms with E-state index in [1.165, 1.54) is 16.7 Å². The monoisotopic (exact) mass is 349 g/mol. The van der Waals surface area contributed by atoms with Gasteiger partial charge in [0, 0.05) is 25.1 Å². The molecule has 4 nitrogen and oxygen atoms in total. The number of piperidine rings is 1. The zero-order valence-corrected chi connectivity index (χ0v) is 15.4. The van der Waals surface area contributed by atoms with Crippen LogP contribution in [0.5, 0.6) is 0 Å². The van der Waals surface area contributed by atoms with Crippen molar-refractivity contribution in [1.29, 1.82) is 0 Å². The molecule has 4 rings (SSSR count). The molecule has 1 saturated heterocycles. The Morgan fingerprint density at radius 3 is 2.58 bits per heavy atom. The van der Waals surface area contributed by atoms with E-state index in [-0.39, 0.29) is 16.8 Å². The Morgan fingerprint density at radius 2 is 1.96 bits per heavy atom. The highest BCUT2D eigenvalue weighted by Crippen LogP contribution is 2.52. The van der Waals surface area contributed by atoms with Crippen LogP contribution in [0, 0.1) is 6.92 Å². The SMILES string of the molecule is CCOC1CC2(CCN(S(=O)(=O)C3CC3)CC2)c2ccc(C)cc21. The van der Waals surface area contributed by atoms with E-state index in [2.05, 4.69) is 25.1 Å². The molecule has 1 aromatic rings. The van der Waals surface area contributed by atoms with Gasteiger partial charge in [-0.05, 0) is 57.1 Å². The second kappa shape index (κ2) is 5.82. The minimum atomic E-state index is -3.04. The Kier molecular flexibility index (Phi) is 4.01. The van der Waals surface area contributed by atoms with Crippen LogP contribution in [-0.4, -0.2) is 37.7 Å². The first-order valence-electron chi connectivity index (χ1n) is 9.18. The van der Waals surface area contributed by atoms with Gasteiger partial charge in [0.25, 0.3) is 0 Å². The molecule has 1 saturated carbocycles. The maximum atomic E-state index is 12.5. The van der Waals surface area contributed by atoms with Crippen LogP contribution in [0.3, 0.4) is 0 Å². The van der Waals surface area contributed by atoms with E-state index in [1.54, 1.807) is 4.31 Å². The fourth-order valence-corrected chi connectivity index (χ4v) is 6.42. The summed E-state index contributed by atoms with van der Waals surface area (Å²) in [7, 11) is -3.04. The van der Waals surface area contributed by atoms with Gasteiger partial charge in [-0.3, -0.25) is 0 Å². The Bertz CT molecular complexity index is 731. The number of aryl methyl sites for hydroxylation is 1. The summed E-state index contributed by atoms with van der Waals surface area (Å²) in [5.41, 5.74) is 4.09. The largest absolute Gasteiger partial charge is 0.374 e. The Balaban J connectivity index is 1.59. The van der Waals surface area contributed by atoms with E-state index < -0.39 is 10.0 Å². The first kappa shape index (κ1) is 16.6. The summed E-state index contributed by atoms with van der Waals surface area (Å²) in [5, 5.41) is -0.0961. The van der Waals surface area contributed by atoms with Gasteiger partial charge in [-0.25, -0.2) is 12.7 Å². The molecule has 1 atom stereocenters. The van der Waals surface area contributed by atoms with E-state index in [1.807, 2.05) is 6.92 Å². The van der Waals surface area contributed by atoms with Crippen LogP contribution in [-0.2, 0) is 20.2 Å². The maximum absolute atomic E-state index is 12.5. The first-order valence-corrected chi connectivity index (χ1v) is 10.7. The lowest BCUT2D eigenvalue weighted by molar-refractivity contribution is 0.0447. The molecule has 0 N–H and O–H groups in total.